The van der Waals surface area contributed by atoms with E-state index in [1.54, 1.807) is 31.2 Å². The van der Waals surface area contributed by atoms with Crippen molar-refractivity contribution in [1.29, 1.82) is 0 Å². The Hall–Kier alpha value is -2.44. The standard InChI is InChI=1S/C24H17F4NO4S2.Na.H/c1-14-18-4-2-3-5-21(18)34-22(14)29(13-15-6-11-20(25)19(12-15)24(26,27)28)35(32,33)17-9-7-16(8-10-17)23(30)31;;/h2-12H,13H2,1H3,(H,30,31);;/q;+1;-1. The van der Waals surface area contributed by atoms with Crippen LogP contribution in [-0.2, 0) is 22.7 Å². The molecule has 184 valence electrons. The van der Waals surface area contributed by atoms with Crippen molar-refractivity contribution in [1.82, 2.24) is 0 Å². The molecule has 0 aliphatic heterocycles. The number of carboxylic acids is 1. The first kappa shape index (κ1) is 28.1. The number of benzene rings is 3. The Labute approximate surface area is 231 Å². The van der Waals surface area contributed by atoms with Gasteiger partial charge in [0.1, 0.15) is 10.8 Å². The van der Waals surface area contributed by atoms with Crippen LogP contribution in [0.3, 0.4) is 0 Å². The van der Waals surface area contributed by atoms with Gasteiger partial charge in [-0.15, -0.1) is 11.3 Å². The van der Waals surface area contributed by atoms with E-state index in [-0.39, 0.29) is 52.0 Å². The minimum absolute atomic E-state index is 0. The molecule has 4 rings (SSSR count). The van der Waals surface area contributed by atoms with Crippen LogP contribution in [0.15, 0.2) is 71.6 Å². The molecule has 0 aliphatic carbocycles. The number of rotatable bonds is 6. The van der Waals surface area contributed by atoms with Crippen LogP contribution in [0.4, 0.5) is 22.6 Å². The number of carboxylic acid groups (broad SMARTS) is 1. The van der Waals surface area contributed by atoms with Gasteiger partial charge in [-0.05, 0) is 65.9 Å². The first-order valence-electron chi connectivity index (χ1n) is 10.1. The van der Waals surface area contributed by atoms with Crippen LogP contribution in [0, 0.1) is 12.7 Å². The van der Waals surface area contributed by atoms with Gasteiger partial charge in [-0.3, -0.25) is 4.31 Å². The molecule has 36 heavy (non-hydrogen) atoms. The number of alkyl halides is 3. The third kappa shape index (κ3) is 5.45. The number of halogens is 4. The number of fused-ring (bicyclic) bond motifs is 1. The van der Waals surface area contributed by atoms with Crippen molar-refractivity contribution in [2.24, 2.45) is 0 Å². The number of aromatic carboxylic acids is 1. The summed E-state index contributed by atoms with van der Waals surface area (Å²) >= 11 is 1.15. The Bertz CT molecular complexity index is 1540. The summed E-state index contributed by atoms with van der Waals surface area (Å²) in [5.41, 5.74) is -1.08. The Morgan fingerprint density at radius 2 is 1.69 bits per heavy atom. The fraction of sp³-hybridized carbons (Fsp3) is 0.125. The molecule has 0 atom stereocenters. The van der Waals surface area contributed by atoms with Gasteiger partial charge in [-0.2, -0.15) is 13.2 Å². The van der Waals surface area contributed by atoms with E-state index >= 15 is 0 Å². The van der Waals surface area contributed by atoms with Crippen LogP contribution >= 0.6 is 11.3 Å². The molecule has 0 fully saturated rings. The molecule has 12 heteroatoms. The maximum absolute atomic E-state index is 13.8. The van der Waals surface area contributed by atoms with Gasteiger partial charge in [0, 0.05) is 4.70 Å². The SMILES string of the molecule is Cc1c(N(Cc2ccc(F)c(C(F)(F)F)c2)S(=O)(=O)c2ccc(C(=O)O)cc2)sc2ccccc12.[H-].[Na+]. The maximum Gasteiger partial charge on any atom is 1.00 e. The average molecular weight is 548 g/mol. The molecule has 1 N–H and O–H groups in total. The minimum Gasteiger partial charge on any atom is -1.00 e. The summed E-state index contributed by atoms with van der Waals surface area (Å²) in [6, 6.07) is 14.0. The van der Waals surface area contributed by atoms with Crippen LogP contribution in [0.2, 0.25) is 0 Å². The third-order valence-electron chi connectivity index (χ3n) is 5.40. The van der Waals surface area contributed by atoms with Crippen molar-refractivity contribution in [3.05, 3.63) is 94.8 Å². The zero-order valence-electron chi connectivity index (χ0n) is 20.0. The number of hydrogen-bond donors (Lipinski definition) is 1. The van der Waals surface area contributed by atoms with E-state index in [2.05, 4.69) is 0 Å². The monoisotopic (exact) mass is 547 g/mol. The predicted molar refractivity (Wildman–Crippen MR) is 126 cm³/mol. The Balaban J connectivity index is 0.00000241. The molecule has 0 saturated carbocycles. The van der Waals surface area contributed by atoms with E-state index in [1.807, 2.05) is 0 Å². The molecular weight excluding hydrogens is 529 g/mol. The summed E-state index contributed by atoms with van der Waals surface area (Å²) in [7, 11) is -4.35. The zero-order chi connectivity index (χ0) is 25.5. The number of anilines is 1. The van der Waals surface area contributed by atoms with E-state index in [1.165, 1.54) is 0 Å². The van der Waals surface area contributed by atoms with Crippen LogP contribution in [0.25, 0.3) is 10.1 Å². The molecule has 0 saturated heterocycles. The van der Waals surface area contributed by atoms with Crippen molar-refractivity contribution in [3.63, 3.8) is 0 Å². The first-order chi connectivity index (χ1) is 16.4. The van der Waals surface area contributed by atoms with Crippen LogP contribution in [0.1, 0.15) is 28.5 Å². The molecule has 0 radical (unpaired) electrons. The number of sulfonamides is 1. The molecule has 0 aliphatic rings. The summed E-state index contributed by atoms with van der Waals surface area (Å²) in [5.74, 6) is -2.70. The Morgan fingerprint density at radius 1 is 1.06 bits per heavy atom. The Morgan fingerprint density at radius 3 is 2.28 bits per heavy atom. The smallest absolute Gasteiger partial charge is 1.00 e. The van der Waals surface area contributed by atoms with Gasteiger partial charge in [0.2, 0.25) is 0 Å². The summed E-state index contributed by atoms with van der Waals surface area (Å²) in [4.78, 5) is 10.9. The maximum atomic E-state index is 13.8. The van der Waals surface area contributed by atoms with Crippen molar-refractivity contribution in [3.8, 4) is 0 Å². The van der Waals surface area contributed by atoms with Crippen LogP contribution < -0.4 is 33.9 Å². The largest absolute Gasteiger partial charge is 1.00 e. The predicted octanol–water partition coefficient (Wildman–Crippen LogP) is 3.58. The quantitative estimate of drug-likeness (QED) is 0.296. The number of carbonyl (C=O) groups is 1. The summed E-state index contributed by atoms with van der Waals surface area (Å²) < 4.78 is 82.8. The molecule has 0 bridgehead atoms. The van der Waals surface area contributed by atoms with Crippen LogP contribution in [0.5, 0.6) is 0 Å². The molecule has 4 aromatic rings. The zero-order valence-corrected chi connectivity index (χ0v) is 22.6. The molecule has 0 amide bonds. The molecular formula is C24H18F4NNaO4S2. The molecule has 3 aromatic carbocycles. The average Bonchev–Trinajstić information content (AvgIpc) is 3.13. The van der Waals surface area contributed by atoms with Gasteiger partial charge in [-0.1, -0.05) is 24.3 Å². The third-order valence-corrected chi connectivity index (χ3v) is 8.57. The first-order valence-corrected chi connectivity index (χ1v) is 12.3. The summed E-state index contributed by atoms with van der Waals surface area (Å²) in [6.45, 7) is 1.20. The number of aryl methyl sites for hydroxylation is 1. The fourth-order valence-electron chi connectivity index (χ4n) is 3.62. The second kappa shape index (κ2) is 10.5. The van der Waals surface area contributed by atoms with Crippen molar-refractivity contribution >= 4 is 42.4 Å². The molecule has 5 nitrogen and oxygen atoms in total. The van der Waals surface area contributed by atoms with Crippen molar-refractivity contribution < 1.29 is 66.9 Å². The van der Waals surface area contributed by atoms with E-state index in [9.17, 15) is 30.8 Å². The van der Waals surface area contributed by atoms with Gasteiger partial charge in [0.15, 0.2) is 0 Å². The second-order valence-electron chi connectivity index (χ2n) is 7.68. The Kier molecular flexibility index (Phi) is 8.21. The van der Waals surface area contributed by atoms with Crippen LogP contribution in [-0.4, -0.2) is 19.5 Å². The molecule has 0 spiro atoms. The van der Waals surface area contributed by atoms with Gasteiger partial charge in [0.25, 0.3) is 10.0 Å². The van der Waals surface area contributed by atoms with E-state index in [0.29, 0.717) is 17.7 Å². The van der Waals surface area contributed by atoms with Gasteiger partial charge in [0.05, 0.1) is 22.6 Å². The van der Waals surface area contributed by atoms with Crippen molar-refractivity contribution in [2.75, 3.05) is 4.31 Å². The molecule has 1 aromatic heterocycles. The molecule has 1 heterocycles. The summed E-state index contributed by atoms with van der Waals surface area (Å²) in [5, 5.41) is 10.2. The number of hydrogen-bond acceptors (Lipinski definition) is 4. The van der Waals surface area contributed by atoms with Gasteiger partial charge >= 0.3 is 41.7 Å². The number of nitrogens with zero attached hydrogens (tertiary/aromatic N) is 1. The molecule has 0 unspecified atom stereocenters. The second-order valence-corrected chi connectivity index (χ2v) is 10.6. The van der Waals surface area contributed by atoms with E-state index in [0.717, 1.165) is 56.1 Å². The van der Waals surface area contributed by atoms with Gasteiger partial charge < -0.3 is 6.53 Å². The topological polar surface area (TPSA) is 74.7 Å². The minimum atomic E-state index is -4.95. The van der Waals surface area contributed by atoms with Gasteiger partial charge in [-0.25, -0.2) is 17.6 Å². The normalized spacial score (nSPS) is 11.8. The summed E-state index contributed by atoms with van der Waals surface area (Å²) in [6.07, 6.45) is -4.95. The van der Waals surface area contributed by atoms with Crippen molar-refractivity contribution in [2.45, 2.75) is 24.5 Å². The van der Waals surface area contributed by atoms with E-state index < -0.39 is 40.1 Å². The number of thiophene rings is 1. The fourth-order valence-corrected chi connectivity index (χ4v) is 6.55. The van der Waals surface area contributed by atoms with E-state index in [4.69, 9.17) is 5.11 Å².